The number of methoxy groups -OCH3 is 3. The average molecular weight is 477 g/mol. The number of hydrogen-bond acceptors (Lipinski definition) is 6. The maximum Gasteiger partial charge on any atom is 0.270 e. The summed E-state index contributed by atoms with van der Waals surface area (Å²) in [5.41, 5.74) is 1.03. The third kappa shape index (κ3) is 4.10. The number of benzene rings is 2. The second-order valence-electron chi connectivity index (χ2n) is 5.89. The van der Waals surface area contributed by atoms with Crippen LogP contribution in [0.15, 0.2) is 46.4 Å². The second kappa shape index (κ2) is 8.62. The van der Waals surface area contributed by atoms with Gasteiger partial charge in [-0.1, -0.05) is 0 Å². The summed E-state index contributed by atoms with van der Waals surface area (Å²) >= 11 is 8.61. The standard InChI is InChI=1S/C20H17BrN2O5S/c1-26-13-6-4-12(5-7-13)23-19(25)14(18(24)22-20(23)29)8-11-9-15(21)17(28-3)16(10-11)27-2/h4-10H,1-3H3,(H,22,24,29). The van der Waals surface area contributed by atoms with E-state index in [0.717, 1.165) is 0 Å². The average Bonchev–Trinajstić information content (AvgIpc) is 2.71. The van der Waals surface area contributed by atoms with Crippen LogP contribution in [0.5, 0.6) is 17.2 Å². The van der Waals surface area contributed by atoms with Crippen molar-refractivity contribution in [3.8, 4) is 17.2 Å². The van der Waals surface area contributed by atoms with Gasteiger partial charge in [-0.25, -0.2) is 0 Å². The van der Waals surface area contributed by atoms with Crippen LogP contribution in [0.2, 0.25) is 0 Å². The smallest absolute Gasteiger partial charge is 0.270 e. The van der Waals surface area contributed by atoms with Crippen molar-refractivity contribution in [3.63, 3.8) is 0 Å². The zero-order chi connectivity index (χ0) is 21.1. The molecular weight excluding hydrogens is 460 g/mol. The molecule has 1 fully saturated rings. The number of rotatable bonds is 5. The number of nitrogens with one attached hydrogen (secondary N) is 1. The Bertz CT molecular complexity index is 1020. The van der Waals surface area contributed by atoms with Gasteiger partial charge in [0, 0.05) is 0 Å². The Morgan fingerprint density at radius 2 is 1.72 bits per heavy atom. The lowest BCUT2D eigenvalue weighted by Crippen LogP contribution is -2.54. The first-order chi connectivity index (χ1) is 13.9. The largest absolute Gasteiger partial charge is 0.497 e. The Labute approximate surface area is 181 Å². The first-order valence-corrected chi connectivity index (χ1v) is 9.56. The molecule has 9 heteroatoms. The summed E-state index contributed by atoms with van der Waals surface area (Å²) in [7, 11) is 4.57. The Hall–Kier alpha value is -2.91. The van der Waals surface area contributed by atoms with E-state index >= 15 is 0 Å². The summed E-state index contributed by atoms with van der Waals surface area (Å²) in [6, 6.07) is 10.2. The fourth-order valence-corrected chi connectivity index (χ4v) is 3.71. The van der Waals surface area contributed by atoms with E-state index in [1.54, 1.807) is 43.5 Å². The van der Waals surface area contributed by atoms with Crippen LogP contribution >= 0.6 is 28.1 Å². The van der Waals surface area contributed by atoms with Crippen molar-refractivity contribution in [1.29, 1.82) is 0 Å². The van der Waals surface area contributed by atoms with Crippen LogP contribution in [0.4, 0.5) is 5.69 Å². The lowest BCUT2D eigenvalue weighted by Gasteiger charge is -2.29. The third-order valence-electron chi connectivity index (χ3n) is 4.20. The number of ether oxygens (including phenoxy) is 3. The number of hydrogen-bond donors (Lipinski definition) is 1. The molecular formula is C20H17BrN2O5S. The van der Waals surface area contributed by atoms with Crippen LogP contribution in [-0.4, -0.2) is 38.3 Å². The molecule has 0 unspecified atom stereocenters. The van der Waals surface area contributed by atoms with Crippen LogP contribution in [0.25, 0.3) is 6.08 Å². The number of anilines is 1. The first-order valence-electron chi connectivity index (χ1n) is 8.36. The minimum Gasteiger partial charge on any atom is -0.497 e. The van der Waals surface area contributed by atoms with E-state index in [2.05, 4.69) is 21.2 Å². The van der Waals surface area contributed by atoms with E-state index in [4.69, 9.17) is 26.4 Å². The summed E-state index contributed by atoms with van der Waals surface area (Å²) in [5, 5.41) is 2.56. The number of nitrogens with zero attached hydrogens (tertiary/aromatic N) is 1. The van der Waals surface area contributed by atoms with E-state index < -0.39 is 11.8 Å². The van der Waals surface area contributed by atoms with Crippen LogP contribution in [0.3, 0.4) is 0 Å². The summed E-state index contributed by atoms with van der Waals surface area (Å²) in [6.07, 6.45) is 1.47. The van der Waals surface area contributed by atoms with Crippen LogP contribution in [-0.2, 0) is 9.59 Å². The SMILES string of the molecule is COc1ccc(N2C(=O)C(=Cc3cc(Br)c(OC)c(OC)c3)C(=O)NC2=S)cc1. The topological polar surface area (TPSA) is 77.1 Å². The van der Waals surface area contributed by atoms with Gasteiger partial charge in [-0.05, 0) is 76.2 Å². The predicted octanol–water partition coefficient (Wildman–Crippen LogP) is 3.31. The number of halogens is 1. The van der Waals surface area contributed by atoms with Gasteiger partial charge in [0.15, 0.2) is 16.6 Å². The molecule has 1 N–H and O–H groups in total. The molecule has 2 aromatic carbocycles. The molecule has 3 rings (SSSR count). The lowest BCUT2D eigenvalue weighted by atomic mass is 10.1. The monoisotopic (exact) mass is 476 g/mol. The molecule has 1 heterocycles. The summed E-state index contributed by atoms with van der Waals surface area (Å²) < 4.78 is 16.4. The van der Waals surface area contributed by atoms with E-state index in [9.17, 15) is 9.59 Å². The maximum absolute atomic E-state index is 13.1. The van der Waals surface area contributed by atoms with Gasteiger partial charge < -0.3 is 14.2 Å². The minimum absolute atomic E-state index is 0.0100. The molecule has 2 amide bonds. The second-order valence-corrected chi connectivity index (χ2v) is 7.14. The highest BCUT2D eigenvalue weighted by Crippen LogP contribution is 2.37. The fraction of sp³-hybridized carbons (Fsp3) is 0.150. The molecule has 0 aliphatic carbocycles. The molecule has 0 aromatic heterocycles. The first kappa shape index (κ1) is 20.8. The highest BCUT2D eigenvalue weighted by Gasteiger charge is 2.34. The molecule has 1 aliphatic heterocycles. The van der Waals surface area contributed by atoms with Gasteiger partial charge in [0.2, 0.25) is 0 Å². The summed E-state index contributed by atoms with van der Waals surface area (Å²) in [4.78, 5) is 26.8. The number of carbonyl (C=O) groups excluding carboxylic acids is 2. The third-order valence-corrected chi connectivity index (χ3v) is 5.07. The Morgan fingerprint density at radius 3 is 2.31 bits per heavy atom. The van der Waals surface area contributed by atoms with E-state index in [1.807, 2.05) is 0 Å². The highest BCUT2D eigenvalue weighted by atomic mass is 79.9. The fourth-order valence-electron chi connectivity index (χ4n) is 2.81. The summed E-state index contributed by atoms with van der Waals surface area (Å²) in [5.74, 6) is 0.500. The van der Waals surface area contributed by atoms with Gasteiger partial charge in [0.25, 0.3) is 11.8 Å². The molecule has 0 spiro atoms. The Balaban J connectivity index is 2.02. The van der Waals surface area contributed by atoms with Gasteiger partial charge in [-0.15, -0.1) is 0 Å². The zero-order valence-electron chi connectivity index (χ0n) is 15.8. The number of amides is 2. The van der Waals surface area contributed by atoms with E-state index in [0.29, 0.717) is 33.0 Å². The molecule has 29 heavy (non-hydrogen) atoms. The van der Waals surface area contributed by atoms with Crippen molar-refractivity contribution in [2.45, 2.75) is 0 Å². The van der Waals surface area contributed by atoms with Gasteiger partial charge >= 0.3 is 0 Å². The van der Waals surface area contributed by atoms with Crippen LogP contribution in [0, 0.1) is 0 Å². The molecule has 1 saturated heterocycles. The maximum atomic E-state index is 13.1. The number of thiocarbonyl (C=S) groups is 1. The quantitative estimate of drug-likeness (QED) is 0.405. The Morgan fingerprint density at radius 1 is 1.03 bits per heavy atom. The van der Waals surface area contributed by atoms with Crippen molar-refractivity contribution in [3.05, 3.63) is 52.0 Å². The van der Waals surface area contributed by atoms with Crippen LogP contribution in [0.1, 0.15) is 5.56 Å². The van der Waals surface area contributed by atoms with Gasteiger partial charge in [-0.3, -0.25) is 19.8 Å². The minimum atomic E-state index is -0.573. The normalized spacial score (nSPS) is 15.4. The molecule has 1 aliphatic rings. The van der Waals surface area contributed by atoms with Gasteiger partial charge in [0.05, 0.1) is 31.5 Å². The van der Waals surface area contributed by atoms with Crippen molar-refractivity contribution in [2.75, 3.05) is 26.2 Å². The van der Waals surface area contributed by atoms with Crippen LogP contribution < -0.4 is 24.4 Å². The zero-order valence-corrected chi connectivity index (χ0v) is 18.2. The van der Waals surface area contributed by atoms with Gasteiger partial charge in [0.1, 0.15) is 11.3 Å². The summed E-state index contributed by atoms with van der Waals surface area (Å²) in [6.45, 7) is 0. The van der Waals surface area contributed by atoms with Crippen molar-refractivity contribution < 1.29 is 23.8 Å². The van der Waals surface area contributed by atoms with Gasteiger partial charge in [-0.2, -0.15) is 0 Å². The van der Waals surface area contributed by atoms with E-state index in [-0.39, 0.29) is 10.7 Å². The van der Waals surface area contributed by atoms with Crippen molar-refractivity contribution in [1.82, 2.24) is 5.32 Å². The lowest BCUT2D eigenvalue weighted by molar-refractivity contribution is -0.122. The molecule has 0 radical (unpaired) electrons. The van der Waals surface area contributed by atoms with E-state index in [1.165, 1.54) is 25.2 Å². The Kier molecular flexibility index (Phi) is 6.19. The van der Waals surface area contributed by atoms with Crippen molar-refractivity contribution in [2.24, 2.45) is 0 Å². The number of carbonyl (C=O) groups is 2. The van der Waals surface area contributed by atoms with Crippen molar-refractivity contribution >= 4 is 56.8 Å². The molecule has 0 atom stereocenters. The molecule has 7 nitrogen and oxygen atoms in total. The molecule has 0 saturated carbocycles. The predicted molar refractivity (Wildman–Crippen MR) is 116 cm³/mol. The molecule has 2 aromatic rings. The highest BCUT2D eigenvalue weighted by molar-refractivity contribution is 9.10. The molecule has 150 valence electrons. The molecule has 0 bridgehead atoms.